The second kappa shape index (κ2) is 6.93. The van der Waals surface area contributed by atoms with Crippen LogP contribution in [0.1, 0.15) is 34.8 Å². The van der Waals surface area contributed by atoms with E-state index in [9.17, 15) is 9.18 Å². The summed E-state index contributed by atoms with van der Waals surface area (Å²) in [5.41, 5.74) is 1.98. The number of fused-ring (bicyclic) bond motifs is 1. The number of pyridine rings is 2. The molecule has 5 rings (SSSR count). The molecule has 8 heteroatoms. The van der Waals surface area contributed by atoms with Crippen molar-refractivity contribution in [3.63, 3.8) is 0 Å². The molecule has 1 fully saturated rings. The minimum Gasteiger partial charge on any atom is -0.307 e. The monoisotopic (exact) mass is 407 g/mol. The third-order valence-corrected chi connectivity index (χ3v) is 5.07. The van der Waals surface area contributed by atoms with Crippen molar-refractivity contribution in [1.82, 2.24) is 19.7 Å². The fraction of sp³-hybridized carbons (Fsp3) is 0.143. The number of carbonyl (C=O) groups excluding carboxylic acids is 1. The maximum Gasteiger partial charge on any atom is 0.257 e. The summed E-state index contributed by atoms with van der Waals surface area (Å²) in [7, 11) is 0. The van der Waals surface area contributed by atoms with Crippen molar-refractivity contribution in [1.29, 1.82) is 0 Å². The number of nitrogens with zero attached hydrogens (tertiary/aromatic N) is 4. The van der Waals surface area contributed by atoms with E-state index in [1.165, 1.54) is 23.1 Å². The molecule has 0 unspecified atom stereocenters. The molecule has 144 valence electrons. The summed E-state index contributed by atoms with van der Waals surface area (Å²) in [6.07, 6.45) is 5.04. The molecule has 0 radical (unpaired) electrons. The lowest BCUT2D eigenvalue weighted by Crippen LogP contribution is -2.14. The number of aromatic nitrogens is 4. The lowest BCUT2D eigenvalue weighted by Gasteiger charge is -2.09. The number of halogens is 2. The quantitative estimate of drug-likeness (QED) is 0.530. The highest BCUT2D eigenvalue weighted by Crippen LogP contribution is 2.40. The lowest BCUT2D eigenvalue weighted by molar-refractivity contribution is 0.102. The highest BCUT2D eigenvalue weighted by atomic mass is 35.5. The van der Waals surface area contributed by atoms with E-state index < -0.39 is 5.82 Å². The van der Waals surface area contributed by atoms with Crippen LogP contribution >= 0.6 is 11.6 Å². The second-order valence-corrected chi connectivity index (χ2v) is 7.37. The van der Waals surface area contributed by atoms with Crippen molar-refractivity contribution in [3.05, 3.63) is 77.0 Å². The van der Waals surface area contributed by atoms with E-state index in [4.69, 9.17) is 16.6 Å². The molecule has 3 heterocycles. The summed E-state index contributed by atoms with van der Waals surface area (Å²) < 4.78 is 15.8. The molecular weight excluding hydrogens is 393 g/mol. The van der Waals surface area contributed by atoms with Crippen LogP contribution in [0.5, 0.6) is 0 Å². The van der Waals surface area contributed by atoms with Gasteiger partial charge in [0.1, 0.15) is 17.3 Å². The van der Waals surface area contributed by atoms with Gasteiger partial charge in [0.2, 0.25) is 0 Å². The summed E-state index contributed by atoms with van der Waals surface area (Å²) >= 11 is 5.85. The Bertz CT molecular complexity index is 1230. The Balaban J connectivity index is 1.62. The van der Waals surface area contributed by atoms with Gasteiger partial charge in [0.25, 0.3) is 5.91 Å². The summed E-state index contributed by atoms with van der Waals surface area (Å²) in [6, 6.07) is 11.4. The highest BCUT2D eigenvalue weighted by molar-refractivity contribution is 6.30. The van der Waals surface area contributed by atoms with Gasteiger partial charge in [-0.3, -0.25) is 4.79 Å². The average Bonchev–Trinajstić information content (AvgIpc) is 3.49. The molecule has 1 aromatic carbocycles. The van der Waals surface area contributed by atoms with Gasteiger partial charge in [-0.2, -0.15) is 5.10 Å². The second-order valence-electron chi connectivity index (χ2n) is 6.93. The Hall–Kier alpha value is -3.32. The Labute approximate surface area is 170 Å². The van der Waals surface area contributed by atoms with E-state index in [2.05, 4.69) is 15.4 Å². The van der Waals surface area contributed by atoms with Gasteiger partial charge in [-0.15, -0.1) is 0 Å². The van der Waals surface area contributed by atoms with Crippen molar-refractivity contribution in [2.24, 2.45) is 0 Å². The van der Waals surface area contributed by atoms with Crippen molar-refractivity contribution in [2.75, 3.05) is 5.32 Å². The number of carbonyl (C=O) groups is 1. The van der Waals surface area contributed by atoms with Gasteiger partial charge >= 0.3 is 0 Å². The molecule has 1 amide bonds. The minimum atomic E-state index is -0.410. The SMILES string of the molecule is O=C(Nc1ccc(Cl)cn1)c1cc(C2CC2)nc2c1cnn2-c1ccccc1F. The first-order valence-electron chi connectivity index (χ1n) is 9.16. The van der Waals surface area contributed by atoms with Crippen molar-refractivity contribution in [3.8, 4) is 5.69 Å². The van der Waals surface area contributed by atoms with E-state index >= 15 is 0 Å². The van der Waals surface area contributed by atoms with Gasteiger partial charge in [0, 0.05) is 17.8 Å². The Kier molecular flexibility index (Phi) is 4.24. The molecule has 29 heavy (non-hydrogen) atoms. The number of hydrogen-bond acceptors (Lipinski definition) is 4. The van der Waals surface area contributed by atoms with Crippen LogP contribution in [0.15, 0.2) is 54.9 Å². The molecule has 1 saturated carbocycles. The summed E-state index contributed by atoms with van der Waals surface area (Å²) in [5, 5.41) is 8.12. The molecular formula is C21H15ClFN5O. The summed E-state index contributed by atoms with van der Waals surface area (Å²) in [6.45, 7) is 0. The van der Waals surface area contributed by atoms with Crippen LogP contribution in [0.3, 0.4) is 0 Å². The first-order valence-corrected chi connectivity index (χ1v) is 9.54. The van der Waals surface area contributed by atoms with Crippen molar-refractivity contribution in [2.45, 2.75) is 18.8 Å². The smallest absolute Gasteiger partial charge is 0.257 e. The molecule has 0 spiro atoms. The highest BCUT2D eigenvalue weighted by Gasteiger charge is 2.28. The first kappa shape index (κ1) is 17.8. The molecule has 1 aliphatic carbocycles. The topological polar surface area (TPSA) is 72.7 Å². The zero-order valence-corrected chi connectivity index (χ0v) is 15.9. The fourth-order valence-corrected chi connectivity index (χ4v) is 3.34. The number of rotatable bonds is 4. The molecule has 0 saturated heterocycles. The van der Waals surface area contributed by atoms with Crippen LogP contribution in [0.2, 0.25) is 5.02 Å². The van der Waals surface area contributed by atoms with E-state index in [0.29, 0.717) is 33.4 Å². The molecule has 1 N–H and O–H groups in total. The maximum atomic E-state index is 14.3. The predicted molar refractivity (Wildman–Crippen MR) is 108 cm³/mol. The Morgan fingerprint density at radius 1 is 1.17 bits per heavy atom. The Morgan fingerprint density at radius 2 is 2.00 bits per heavy atom. The zero-order chi connectivity index (χ0) is 20.0. The standard InChI is InChI=1S/C21H15ClFN5O/c22-13-7-8-19(24-10-13)27-21(29)14-9-17(12-5-6-12)26-20-15(14)11-25-28(20)18-4-2-1-3-16(18)23/h1-4,7-12H,5-6H2,(H,24,27,29). The number of amides is 1. The van der Waals surface area contributed by atoms with E-state index in [1.54, 1.807) is 36.4 Å². The summed E-state index contributed by atoms with van der Waals surface area (Å²) in [4.78, 5) is 21.8. The van der Waals surface area contributed by atoms with Gasteiger partial charge < -0.3 is 5.32 Å². The average molecular weight is 408 g/mol. The van der Waals surface area contributed by atoms with Crippen LogP contribution in [0.25, 0.3) is 16.7 Å². The third kappa shape index (κ3) is 3.34. The van der Waals surface area contributed by atoms with Gasteiger partial charge in [-0.1, -0.05) is 23.7 Å². The Morgan fingerprint density at radius 3 is 2.72 bits per heavy atom. The van der Waals surface area contributed by atoms with Gasteiger partial charge in [-0.05, 0) is 43.2 Å². The summed E-state index contributed by atoms with van der Waals surface area (Å²) in [5.74, 6) is -0.0443. The molecule has 0 bridgehead atoms. The third-order valence-electron chi connectivity index (χ3n) is 4.85. The van der Waals surface area contributed by atoms with Crippen LogP contribution in [-0.4, -0.2) is 25.7 Å². The number of anilines is 1. The molecule has 1 aliphatic rings. The zero-order valence-electron chi connectivity index (χ0n) is 15.1. The molecule has 0 atom stereocenters. The first-order chi connectivity index (χ1) is 14.1. The van der Waals surface area contributed by atoms with E-state index in [-0.39, 0.29) is 11.6 Å². The predicted octanol–water partition coefficient (Wildman–Crippen LogP) is 4.74. The van der Waals surface area contributed by atoms with E-state index in [1.807, 2.05) is 0 Å². The number of hydrogen-bond donors (Lipinski definition) is 1. The molecule has 3 aromatic heterocycles. The molecule has 4 aromatic rings. The fourth-order valence-electron chi connectivity index (χ4n) is 3.23. The van der Waals surface area contributed by atoms with Gasteiger partial charge in [0.15, 0.2) is 5.65 Å². The normalized spacial score (nSPS) is 13.6. The molecule has 6 nitrogen and oxygen atoms in total. The number of benzene rings is 1. The lowest BCUT2D eigenvalue weighted by atomic mass is 10.1. The van der Waals surface area contributed by atoms with Gasteiger partial charge in [0.05, 0.1) is 22.2 Å². The van der Waals surface area contributed by atoms with Crippen LogP contribution in [-0.2, 0) is 0 Å². The van der Waals surface area contributed by atoms with Crippen molar-refractivity contribution >= 4 is 34.4 Å². The van der Waals surface area contributed by atoms with Crippen LogP contribution in [0, 0.1) is 5.82 Å². The number of nitrogens with one attached hydrogen (secondary N) is 1. The maximum absolute atomic E-state index is 14.3. The van der Waals surface area contributed by atoms with Crippen LogP contribution < -0.4 is 5.32 Å². The minimum absolute atomic E-state index is 0.286. The number of para-hydroxylation sites is 1. The van der Waals surface area contributed by atoms with Crippen LogP contribution in [0.4, 0.5) is 10.2 Å². The molecule has 0 aliphatic heterocycles. The largest absolute Gasteiger partial charge is 0.307 e. The van der Waals surface area contributed by atoms with Gasteiger partial charge in [-0.25, -0.2) is 19.0 Å². The van der Waals surface area contributed by atoms with E-state index in [0.717, 1.165) is 18.5 Å². The van der Waals surface area contributed by atoms with Crippen molar-refractivity contribution < 1.29 is 9.18 Å².